The molecule has 7 heteroatoms. The minimum absolute atomic E-state index is 0.0120. The van der Waals surface area contributed by atoms with Crippen molar-refractivity contribution in [3.05, 3.63) is 32.4 Å². The molecule has 2 aromatic heterocycles. The van der Waals surface area contributed by atoms with Gasteiger partial charge in [0, 0.05) is 38.8 Å². The maximum Gasteiger partial charge on any atom is 0.261 e. The van der Waals surface area contributed by atoms with E-state index in [1.165, 1.54) is 5.56 Å². The van der Waals surface area contributed by atoms with E-state index in [1.54, 1.807) is 4.57 Å². The van der Waals surface area contributed by atoms with Crippen LogP contribution in [0, 0.1) is 4.77 Å². The zero-order chi connectivity index (χ0) is 15.1. The number of H-pyrrole nitrogens is 1. The number of rotatable bonds is 2. The summed E-state index contributed by atoms with van der Waals surface area (Å²) in [6.45, 7) is 4.51. The van der Waals surface area contributed by atoms with Crippen LogP contribution >= 0.6 is 12.2 Å². The number of aromatic nitrogens is 4. The summed E-state index contributed by atoms with van der Waals surface area (Å²) in [5.74, 6) is 0.624. The van der Waals surface area contributed by atoms with Crippen molar-refractivity contribution in [1.29, 1.82) is 0 Å². The highest BCUT2D eigenvalue weighted by Crippen LogP contribution is 2.21. The van der Waals surface area contributed by atoms with Gasteiger partial charge in [-0.2, -0.15) is 5.10 Å². The van der Waals surface area contributed by atoms with Gasteiger partial charge in [-0.1, -0.05) is 0 Å². The molecular formula is C14H19N5OS. The molecule has 0 radical (unpaired) electrons. The lowest BCUT2D eigenvalue weighted by molar-refractivity contribution is 0.306. The highest BCUT2D eigenvalue weighted by molar-refractivity contribution is 7.71. The van der Waals surface area contributed by atoms with Crippen LogP contribution < -0.4 is 5.56 Å². The first-order chi connectivity index (χ1) is 10.0. The van der Waals surface area contributed by atoms with E-state index in [4.69, 9.17) is 12.2 Å². The van der Waals surface area contributed by atoms with Crippen molar-refractivity contribution in [3.63, 3.8) is 0 Å². The van der Waals surface area contributed by atoms with Crippen molar-refractivity contribution in [2.24, 2.45) is 7.05 Å². The summed E-state index contributed by atoms with van der Waals surface area (Å²) in [6.07, 6.45) is 0.901. The van der Waals surface area contributed by atoms with Gasteiger partial charge in [-0.15, -0.1) is 0 Å². The summed E-state index contributed by atoms with van der Waals surface area (Å²) in [5, 5.41) is 7.02. The van der Waals surface area contributed by atoms with Gasteiger partial charge in [0.05, 0.1) is 5.56 Å². The molecule has 0 saturated carbocycles. The Morgan fingerprint density at radius 2 is 2.19 bits per heavy atom. The first-order valence-corrected chi connectivity index (χ1v) is 7.49. The Morgan fingerprint density at radius 3 is 2.90 bits per heavy atom. The minimum Gasteiger partial charge on any atom is -0.315 e. The van der Waals surface area contributed by atoms with E-state index in [0.717, 1.165) is 25.2 Å². The zero-order valence-corrected chi connectivity index (χ0v) is 13.3. The molecular weight excluding hydrogens is 286 g/mol. The van der Waals surface area contributed by atoms with Gasteiger partial charge < -0.3 is 14.0 Å². The molecule has 6 nitrogen and oxygen atoms in total. The average Bonchev–Trinajstić information content (AvgIpc) is 2.83. The summed E-state index contributed by atoms with van der Waals surface area (Å²) in [7, 11) is 3.93. The van der Waals surface area contributed by atoms with Gasteiger partial charge in [0.2, 0.25) is 0 Å². The topological polar surface area (TPSA) is 58.9 Å². The molecule has 1 N–H and O–H groups in total. The highest BCUT2D eigenvalue weighted by Gasteiger charge is 2.21. The number of fused-ring (bicyclic) bond motifs is 1. The first kappa shape index (κ1) is 14.2. The maximum absolute atomic E-state index is 12.6. The third-order valence-electron chi connectivity index (χ3n) is 4.12. The molecule has 1 aliphatic rings. The molecule has 0 aromatic carbocycles. The van der Waals surface area contributed by atoms with Crippen LogP contribution in [0.15, 0.2) is 10.9 Å². The normalized spacial score (nSPS) is 15.2. The highest BCUT2D eigenvalue weighted by atomic mass is 32.1. The van der Waals surface area contributed by atoms with Crippen LogP contribution in [-0.4, -0.2) is 37.8 Å². The molecule has 0 bridgehead atoms. The second-order valence-electron chi connectivity index (χ2n) is 5.48. The van der Waals surface area contributed by atoms with E-state index in [0.29, 0.717) is 22.7 Å². The van der Waals surface area contributed by atoms with E-state index in [-0.39, 0.29) is 5.56 Å². The van der Waals surface area contributed by atoms with Crippen LogP contribution in [0.5, 0.6) is 0 Å². The van der Waals surface area contributed by atoms with Gasteiger partial charge in [-0.25, -0.2) is 0 Å². The van der Waals surface area contributed by atoms with E-state index in [9.17, 15) is 4.79 Å². The molecule has 2 aromatic rings. The lowest BCUT2D eigenvalue weighted by atomic mass is 10.0. The summed E-state index contributed by atoms with van der Waals surface area (Å²) in [5.41, 5.74) is 2.92. The first-order valence-electron chi connectivity index (χ1n) is 7.08. The van der Waals surface area contributed by atoms with Crippen LogP contribution in [0.25, 0.3) is 11.4 Å². The molecule has 0 aliphatic carbocycles. The number of nitrogens with zero attached hydrogens (tertiary/aromatic N) is 4. The molecule has 3 rings (SSSR count). The average molecular weight is 305 g/mol. The fourth-order valence-electron chi connectivity index (χ4n) is 2.95. The van der Waals surface area contributed by atoms with Crippen LogP contribution in [0.1, 0.15) is 18.2 Å². The molecule has 0 spiro atoms. The molecule has 0 fully saturated rings. The van der Waals surface area contributed by atoms with E-state index >= 15 is 0 Å². The zero-order valence-electron chi connectivity index (χ0n) is 12.5. The van der Waals surface area contributed by atoms with Crippen molar-refractivity contribution in [2.45, 2.75) is 26.4 Å². The van der Waals surface area contributed by atoms with Gasteiger partial charge in [-0.3, -0.25) is 9.89 Å². The maximum atomic E-state index is 12.6. The Hall–Kier alpha value is -1.73. The summed E-state index contributed by atoms with van der Waals surface area (Å²) < 4.78 is 4.16. The Morgan fingerprint density at radius 1 is 1.43 bits per heavy atom. The Balaban J connectivity index is 2.24. The number of aromatic amines is 1. The Labute approximate surface area is 128 Å². The van der Waals surface area contributed by atoms with E-state index in [2.05, 4.69) is 22.1 Å². The van der Waals surface area contributed by atoms with Gasteiger partial charge >= 0.3 is 0 Å². The van der Waals surface area contributed by atoms with Crippen molar-refractivity contribution in [2.75, 3.05) is 13.6 Å². The Bertz CT molecular complexity index is 801. The number of hydrogen-bond donors (Lipinski definition) is 1. The van der Waals surface area contributed by atoms with Gasteiger partial charge in [-0.05, 0) is 37.8 Å². The van der Waals surface area contributed by atoms with Crippen molar-refractivity contribution >= 4 is 12.2 Å². The Kier molecular flexibility index (Phi) is 3.54. The van der Waals surface area contributed by atoms with E-state index < -0.39 is 0 Å². The fraction of sp³-hybridized carbons (Fsp3) is 0.500. The largest absolute Gasteiger partial charge is 0.315 e. The number of likely N-dealkylation sites (N-methyl/N-ethyl adjacent to an activating group) is 1. The SMILES string of the molecule is CCn1c(-c2cc3c(n(C)c2=O)CCN(C)C3)n[nH]c1=S. The number of pyridine rings is 1. The van der Waals surface area contributed by atoms with Crippen molar-refractivity contribution < 1.29 is 0 Å². The summed E-state index contributed by atoms with van der Waals surface area (Å²) in [4.78, 5) is 14.9. The molecule has 0 saturated heterocycles. The quantitative estimate of drug-likeness (QED) is 0.850. The smallest absolute Gasteiger partial charge is 0.261 e. The van der Waals surface area contributed by atoms with Gasteiger partial charge in [0.1, 0.15) is 0 Å². The predicted octanol–water partition coefficient (Wildman–Crippen LogP) is 1.31. The number of hydrogen-bond acceptors (Lipinski definition) is 4. The minimum atomic E-state index is -0.0120. The van der Waals surface area contributed by atoms with Crippen molar-refractivity contribution in [1.82, 2.24) is 24.2 Å². The molecule has 3 heterocycles. The van der Waals surface area contributed by atoms with E-state index in [1.807, 2.05) is 24.6 Å². The molecule has 0 unspecified atom stereocenters. The molecule has 0 amide bonds. The van der Waals surface area contributed by atoms with Crippen molar-refractivity contribution in [3.8, 4) is 11.4 Å². The third-order valence-corrected chi connectivity index (χ3v) is 4.43. The van der Waals surface area contributed by atoms with Crippen LogP contribution in [0.3, 0.4) is 0 Å². The number of nitrogens with one attached hydrogen (secondary N) is 1. The fourth-order valence-corrected chi connectivity index (χ4v) is 3.21. The monoisotopic (exact) mass is 305 g/mol. The van der Waals surface area contributed by atoms with Gasteiger partial charge in [0.15, 0.2) is 10.6 Å². The molecule has 1 aliphatic heterocycles. The van der Waals surface area contributed by atoms with Crippen LogP contribution in [0.4, 0.5) is 0 Å². The van der Waals surface area contributed by atoms with Gasteiger partial charge in [0.25, 0.3) is 5.56 Å². The lowest BCUT2D eigenvalue weighted by Crippen LogP contribution is -2.33. The van der Waals surface area contributed by atoms with Crippen LogP contribution in [0.2, 0.25) is 0 Å². The summed E-state index contributed by atoms with van der Waals surface area (Å²) >= 11 is 5.22. The second-order valence-corrected chi connectivity index (χ2v) is 5.87. The lowest BCUT2D eigenvalue weighted by Gasteiger charge is -2.27. The molecule has 21 heavy (non-hydrogen) atoms. The summed E-state index contributed by atoms with van der Waals surface area (Å²) in [6, 6.07) is 1.98. The second kappa shape index (κ2) is 5.23. The predicted molar refractivity (Wildman–Crippen MR) is 83.8 cm³/mol. The van der Waals surface area contributed by atoms with Crippen LogP contribution in [-0.2, 0) is 26.6 Å². The standard InChI is InChI=1S/C14H19N5OS/c1-4-19-12(15-16-14(19)21)10-7-9-8-17(2)6-5-11(9)18(3)13(10)20/h7H,4-6,8H2,1-3H3,(H,16,21). The molecule has 112 valence electrons. The third kappa shape index (κ3) is 2.26. The molecule has 0 atom stereocenters.